The van der Waals surface area contributed by atoms with Gasteiger partial charge in [0, 0.05) is 38.0 Å². The molecule has 2 aromatic rings. The predicted molar refractivity (Wildman–Crippen MR) is 96.2 cm³/mol. The van der Waals surface area contributed by atoms with E-state index < -0.39 is 12.1 Å². The van der Waals surface area contributed by atoms with Gasteiger partial charge in [0.05, 0.1) is 18.0 Å². The number of ether oxygens (including phenoxy) is 1. The van der Waals surface area contributed by atoms with Gasteiger partial charge in [0.1, 0.15) is 0 Å². The lowest BCUT2D eigenvalue weighted by atomic mass is 9.59. The summed E-state index contributed by atoms with van der Waals surface area (Å²) >= 11 is 0. The fraction of sp³-hybridized carbons (Fsp3) is 0.556. The average molecular weight is 413 g/mol. The van der Waals surface area contributed by atoms with Crippen LogP contribution in [0.25, 0.3) is 11.3 Å². The molecule has 8 nitrogen and oxygen atoms in total. The van der Waals surface area contributed by atoms with Crippen LogP contribution in [-0.4, -0.2) is 56.9 Å². The molecule has 1 spiro atoms. The molecule has 0 amide bonds. The standard InChI is InChI=1S/C16H21N5O.C2HF3O2/c1-11-13(7-21(2)20-11)14-3-4-15(19-18-14)22-8-12-5-16(6-12)9-17-10-16;3-2(4,5)1(6)7/h3-4,7,12,17H,5-6,8-10H2,1-2H3;(H,6,7). The van der Waals surface area contributed by atoms with Crippen LogP contribution in [0.3, 0.4) is 0 Å². The lowest BCUT2D eigenvalue weighted by Crippen LogP contribution is -2.60. The molecule has 158 valence electrons. The Hall–Kier alpha value is -2.69. The number of aliphatic carboxylic acids is 1. The van der Waals surface area contributed by atoms with Crippen molar-refractivity contribution in [3.63, 3.8) is 0 Å². The number of nitrogens with zero attached hydrogens (tertiary/aromatic N) is 4. The molecular weight excluding hydrogens is 391 g/mol. The van der Waals surface area contributed by atoms with E-state index in [0.717, 1.165) is 23.6 Å². The minimum Gasteiger partial charge on any atom is -0.476 e. The van der Waals surface area contributed by atoms with Crippen molar-refractivity contribution >= 4 is 5.97 Å². The number of hydrogen-bond acceptors (Lipinski definition) is 6. The molecule has 0 unspecified atom stereocenters. The zero-order valence-electron chi connectivity index (χ0n) is 16.0. The normalized spacial score (nSPS) is 17.7. The molecular formula is C18H22F3N5O3. The number of nitrogens with one attached hydrogen (secondary N) is 1. The molecule has 0 bridgehead atoms. The summed E-state index contributed by atoms with van der Waals surface area (Å²) in [7, 11) is 1.91. The minimum atomic E-state index is -5.08. The molecule has 4 rings (SSSR count). The molecule has 11 heteroatoms. The van der Waals surface area contributed by atoms with Gasteiger partial charge < -0.3 is 15.2 Å². The van der Waals surface area contributed by atoms with Crippen LogP contribution in [0.5, 0.6) is 5.88 Å². The quantitative estimate of drug-likeness (QED) is 0.792. The van der Waals surface area contributed by atoms with Crippen LogP contribution >= 0.6 is 0 Å². The Morgan fingerprint density at radius 3 is 2.41 bits per heavy atom. The Morgan fingerprint density at radius 1 is 1.34 bits per heavy atom. The number of alkyl halides is 3. The Kier molecular flexibility index (Phi) is 5.78. The van der Waals surface area contributed by atoms with Gasteiger partial charge in [0.15, 0.2) is 0 Å². The minimum absolute atomic E-state index is 0.599. The summed E-state index contributed by atoms with van der Waals surface area (Å²) in [6.45, 7) is 5.09. The summed E-state index contributed by atoms with van der Waals surface area (Å²) in [6, 6.07) is 3.85. The molecule has 2 aromatic heterocycles. The van der Waals surface area contributed by atoms with Crippen LogP contribution in [0.4, 0.5) is 13.2 Å². The van der Waals surface area contributed by atoms with Crippen molar-refractivity contribution in [2.45, 2.75) is 25.9 Å². The molecule has 1 saturated heterocycles. The summed E-state index contributed by atoms with van der Waals surface area (Å²) in [6.07, 6.45) is -0.568. The number of hydrogen-bond donors (Lipinski definition) is 2. The topological polar surface area (TPSA) is 102 Å². The van der Waals surface area contributed by atoms with E-state index in [1.54, 1.807) is 4.68 Å². The van der Waals surface area contributed by atoms with Crippen molar-refractivity contribution in [1.82, 2.24) is 25.3 Å². The molecule has 0 aromatic carbocycles. The molecule has 29 heavy (non-hydrogen) atoms. The summed E-state index contributed by atoms with van der Waals surface area (Å²) < 4.78 is 39.3. The maximum absolute atomic E-state index is 10.6. The highest BCUT2D eigenvalue weighted by Gasteiger charge is 2.48. The second-order valence-electron chi connectivity index (χ2n) is 7.55. The summed E-state index contributed by atoms with van der Waals surface area (Å²) in [5, 5.41) is 23.3. The molecule has 2 aliphatic rings. The molecule has 1 aliphatic carbocycles. The van der Waals surface area contributed by atoms with Crippen LogP contribution in [0.1, 0.15) is 18.5 Å². The highest BCUT2D eigenvalue weighted by Crippen LogP contribution is 2.48. The third-order valence-electron chi connectivity index (χ3n) is 5.08. The average Bonchev–Trinajstić information content (AvgIpc) is 2.91. The molecule has 0 radical (unpaired) electrons. The van der Waals surface area contributed by atoms with Gasteiger partial charge in [-0.25, -0.2) is 4.79 Å². The first kappa shape index (κ1) is 21.0. The van der Waals surface area contributed by atoms with E-state index in [9.17, 15) is 13.2 Å². The maximum Gasteiger partial charge on any atom is 0.490 e. The zero-order chi connectivity index (χ0) is 21.2. The van der Waals surface area contributed by atoms with E-state index in [1.165, 1.54) is 25.9 Å². The Bertz CT molecular complexity index is 855. The second kappa shape index (κ2) is 7.97. The maximum atomic E-state index is 10.6. The van der Waals surface area contributed by atoms with Crippen molar-refractivity contribution in [1.29, 1.82) is 0 Å². The second-order valence-corrected chi connectivity index (χ2v) is 7.55. The molecule has 0 atom stereocenters. The van der Waals surface area contributed by atoms with E-state index in [4.69, 9.17) is 14.6 Å². The van der Waals surface area contributed by atoms with Gasteiger partial charge in [-0.1, -0.05) is 0 Å². The Labute approximate surface area is 165 Å². The molecule has 1 saturated carbocycles. The number of rotatable bonds is 4. The molecule has 1 aliphatic heterocycles. The summed E-state index contributed by atoms with van der Waals surface area (Å²) in [5.74, 6) is -1.48. The number of aromatic nitrogens is 4. The Morgan fingerprint density at radius 2 is 2.00 bits per heavy atom. The van der Waals surface area contributed by atoms with E-state index in [-0.39, 0.29) is 0 Å². The zero-order valence-corrected chi connectivity index (χ0v) is 16.0. The third-order valence-corrected chi connectivity index (χ3v) is 5.08. The van der Waals surface area contributed by atoms with Crippen molar-refractivity contribution in [2.24, 2.45) is 18.4 Å². The number of carbonyl (C=O) groups is 1. The van der Waals surface area contributed by atoms with Gasteiger partial charge in [0.2, 0.25) is 5.88 Å². The first-order chi connectivity index (χ1) is 13.6. The number of halogens is 3. The van der Waals surface area contributed by atoms with Gasteiger partial charge >= 0.3 is 12.1 Å². The fourth-order valence-corrected chi connectivity index (χ4v) is 3.65. The van der Waals surface area contributed by atoms with Gasteiger partial charge in [0.25, 0.3) is 0 Å². The monoisotopic (exact) mass is 413 g/mol. The van der Waals surface area contributed by atoms with Gasteiger partial charge in [-0.05, 0) is 37.2 Å². The first-order valence-electron chi connectivity index (χ1n) is 9.06. The SMILES string of the molecule is Cc1nn(C)cc1-c1ccc(OCC2CC3(CNC3)C2)nn1.O=C(O)C(F)(F)F. The number of carboxylic acid groups (broad SMARTS) is 1. The van der Waals surface area contributed by atoms with E-state index >= 15 is 0 Å². The van der Waals surface area contributed by atoms with E-state index in [0.29, 0.717) is 17.2 Å². The lowest BCUT2D eigenvalue weighted by Gasteiger charge is -2.54. The van der Waals surface area contributed by atoms with Crippen molar-refractivity contribution < 1.29 is 27.8 Å². The van der Waals surface area contributed by atoms with Crippen LogP contribution < -0.4 is 10.1 Å². The highest BCUT2D eigenvalue weighted by molar-refractivity contribution is 5.73. The van der Waals surface area contributed by atoms with Gasteiger partial charge in [-0.3, -0.25) is 4.68 Å². The van der Waals surface area contributed by atoms with Crippen LogP contribution in [0.2, 0.25) is 0 Å². The number of carboxylic acids is 1. The molecule has 2 fully saturated rings. The van der Waals surface area contributed by atoms with Crippen molar-refractivity contribution in [3.8, 4) is 17.1 Å². The van der Waals surface area contributed by atoms with Crippen LogP contribution in [0, 0.1) is 18.3 Å². The van der Waals surface area contributed by atoms with Crippen LogP contribution in [0.15, 0.2) is 18.3 Å². The highest BCUT2D eigenvalue weighted by atomic mass is 19.4. The largest absolute Gasteiger partial charge is 0.490 e. The van der Waals surface area contributed by atoms with Crippen molar-refractivity contribution in [3.05, 3.63) is 24.0 Å². The first-order valence-corrected chi connectivity index (χ1v) is 9.06. The van der Waals surface area contributed by atoms with Crippen LogP contribution in [-0.2, 0) is 11.8 Å². The molecule has 3 heterocycles. The number of aryl methyl sites for hydroxylation is 2. The van der Waals surface area contributed by atoms with Gasteiger partial charge in [-0.15, -0.1) is 10.2 Å². The van der Waals surface area contributed by atoms with E-state index in [1.807, 2.05) is 32.3 Å². The van der Waals surface area contributed by atoms with Gasteiger partial charge in [-0.2, -0.15) is 18.3 Å². The Balaban J connectivity index is 0.000000298. The predicted octanol–water partition coefficient (Wildman–Crippen LogP) is 2.20. The fourth-order valence-electron chi connectivity index (χ4n) is 3.65. The third kappa shape index (κ3) is 5.03. The smallest absolute Gasteiger partial charge is 0.476 e. The summed E-state index contributed by atoms with van der Waals surface area (Å²) in [4.78, 5) is 8.90. The van der Waals surface area contributed by atoms with Crippen molar-refractivity contribution in [2.75, 3.05) is 19.7 Å². The molecule has 2 N–H and O–H groups in total. The lowest BCUT2D eigenvalue weighted by molar-refractivity contribution is -0.192. The summed E-state index contributed by atoms with van der Waals surface area (Å²) in [5.41, 5.74) is 3.40. The van der Waals surface area contributed by atoms with E-state index in [2.05, 4.69) is 20.6 Å².